The molecule has 0 aliphatic rings. The third kappa shape index (κ3) is 4.72. The van der Waals surface area contributed by atoms with Crippen LogP contribution in [0.3, 0.4) is 0 Å². The van der Waals surface area contributed by atoms with Gasteiger partial charge in [0.2, 0.25) is 0 Å². The molecule has 0 atom stereocenters. The molecule has 2 nitrogen and oxygen atoms in total. The summed E-state index contributed by atoms with van der Waals surface area (Å²) in [6.45, 7) is 0.650. The van der Waals surface area contributed by atoms with Gasteiger partial charge in [0.25, 0.3) is 0 Å². The van der Waals surface area contributed by atoms with Crippen LogP contribution in [0.5, 0.6) is 5.75 Å². The summed E-state index contributed by atoms with van der Waals surface area (Å²) in [7, 11) is 0. The van der Waals surface area contributed by atoms with Crippen molar-refractivity contribution in [3.63, 3.8) is 0 Å². The highest BCUT2D eigenvalue weighted by Gasteiger charge is 2.28. The molecule has 1 aromatic carbocycles. The van der Waals surface area contributed by atoms with Crippen molar-refractivity contribution in [3.8, 4) is 5.75 Å². The van der Waals surface area contributed by atoms with Gasteiger partial charge in [0, 0.05) is 12.1 Å². The molecule has 2 N–H and O–H groups in total. The molecule has 1 rings (SSSR count). The van der Waals surface area contributed by atoms with Crippen LogP contribution in [0.2, 0.25) is 0 Å². The van der Waals surface area contributed by atoms with Crippen LogP contribution in [-0.4, -0.2) is 12.8 Å². The van der Waals surface area contributed by atoms with E-state index in [4.69, 9.17) is 5.73 Å². The summed E-state index contributed by atoms with van der Waals surface area (Å²) in [5.41, 5.74) is 6.79. The molecule has 0 aliphatic carbocycles. The van der Waals surface area contributed by atoms with E-state index in [1.54, 1.807) is 25.1 Å². The molecule has 0 saturated heterocycles. The number of hydrogen-bond donors (Lipinski definition) is 1. The summed E-state index contributed by atoms with van der Waals surface area (Å²) in [5.74, 6) is 0.204. The molecule has 1 aromatic rings. The lowest BCUT2D eigenvalue weighted by atomic mass is 10.1. The van der Waals surface area contributed by atoms with Gasteiger partial charge in [0.05, 0.1) is 0 Å². The van der Waals surface area contributed by atoms with Gasteiger partial charge in [-0.15, -0.1) is 12.4 Å². The molecule has 0 unspecified atom stereocenters. The lowest BCUT2D eigenvalue weighted by molar-refractivity contribution is -0.153. The van der Waals surface area contributed by atoms with Crippen LogP contribution in [0.1, 0.15) is 11.1 Å². The molecule has 0 aromatic heterocycles. The fourth-order valence-corrected chi connectivity index (χ4v) is 1.12. The highest BCUT2D eigenvalue weighted by Crippen LogP contribution is 2.23. The van der Waals surface area contributed by atoms with Gasteiger partial charge in [-0.25, -0.2) is 0 Å². The van der Waals surface area contributed by atoms with E-state index in [1.807, 2.05) is 0 Å². The van der Waals surface area contributed by atoms with E-state index in [-0.39, 0.29) is 24.7 Å². The van der Waals surface area contributed by atoms with E-state index in [2.05, 4.69) is 4.74 Å². The van der Waals surface area contributed by atoms with E-state index in [1.165, 1.54) is 0 Å². The molecule has 0 saturated carbocycles. The van der Waals surface area contributed by atoms with Gasteiger partial charge < -0.3 is 10.5 Å². The van der Waals surface area contributed by atoms with Crippen molar-refractivity contribution in [3.05, 3.63) is 29.3 Å². The summed E-state index contributed by atoms with van der Waals surface area (Å²) in [5, 5.41) is 0. The minimum atomic E-state index is -4.32. The molecule has 0 heterocycles. The van der Waals surface area contributed by atoms with Crippen molar-refractivity contribution in [2.24, 2.45) is 5.73 Å². The molecule has 0 bridgehead atoms. The second-order valence-electron chi connectivity index (χ2n) is 3.22. The van der Waals surface area contributed by atoms with Gasteiger partial charge in [-0.05, 0) is 18.6 Å². The van der Waals surface area contributed by atoms with E-state index in [0.717, 1.165) is 5.56 Å². The normalized spacial score (nSPS) is 10.8. The summed E-state index contributed by atoms with van der Waals surface area (Å²) in [6, 6.07) is 5.00. The lowest BCUT2D eigenvalue weighted by Gasteiger charge is -2.12. The fourth-order valence-electron chi connectivity index (χ4n) is 1.12. The maximum Gasteiger partial charge on any atom is 0.422 e. The van der Waals surface area contributed by atoms with Crippen LogP contribution in [0.25, 0.3) is 0 Å². The SMILES string of the molecule is Cc1ccc(CN)c(OCC(F)(F)F)c1.Cl. The van der Waals surface area contributed by atoms with Crippen molar-refractivity contribution in [2.75, 3.05) is 6.61 Å². The minimum Gasteiger partial charge on any atom is -0.484 e. The number of alkyl halides is 3. The molecular weight excluding hydrogens is 243 g/mol. The Hall–Kier alpha value is -0.940. The Kier molecular flexibility index (Phi) is 5.61. The maximum absolute atomic E-state index is 11.9. The first kappa shape index (κ1) is 15.1. The van der Waals surface area contributed by atoms with E-state index in [0.29, 0.717) is 5.56 Å². The largest absolute Gasteiger partial charge is 0.484 e. The molecule has 92 valence electrons. The smallest absolute Gasteiger partial charge is 0.422 e. The second-order valence-corrected chi connectivity index (χ2v) is 3.22. The maximum atomic E-state index is 11.9. The Morgan fingerprint density at radius 3 is 2.44 bits per heavy atom. The first-order valence-corrected chi connectivity index (χ1v) is 4.41. The molecule has 0 radical (unpaired) electrons. The molecule has 0 amide bonds. The number of aryl methyl sites for hydroxylation is 1. The third-order valence-electron chi connectivity index (χ3n) is 1.83. The Morgan fingerprint density at radius 1 is 1.31 bits per heavy atom. The average molecular weight is 256 g/mol. The average Bonchev–Trinajstić information content (AvgIpc) is 2.14. The predicted octanol–water partition coefficient (Wildman–Crippen LogP) is 2.82. The van der Waals surface area contributed by atoms with Gasteiger partial charge in [-0.2, -0.15) is 13.2 Å². The van der Waals surface area contributed by atoms with Gasteiger partial charge in [0.15, 0.2) is 6.61 Å². The van der Waals surface area contributed by atoms with Crippen molar-refractivity contribution in [2.45, 2.75) is 19.6 Å². The van der Waals surface area contributed by atoms with Gasteiger partial charge >= 0.3 is 6.18 Å². The summed E-state index contributed by atoms with van der Waals surface area (Å²) in [6.07, 6.45) is -4.32. The van der Waals surface area contributed by atoms with Gasteiger partial charge in [0.1, 0.15) is 5.75 Å². The summed E-state index contributed by atoms with van der Waals surface area (Å²) in [4.78, 5) is 0. The molecule has 16 heavy (non-hydrogen) atoms. The minimum absolute atomic E-state index is 0. The zero-order chi connectivity index (χ0) is 11.5. The number of nitrogens with two attached hydrogens (primary N) is 1. The van der Waals surface area contributed by atoms with Gasteiger partial charge in [-0.3, -0.25) is 0 Å². The first-order chi connectivity index (χ1) is 6.92. The Labute approximate surface area is 98.0 Å². The molecule has 0 aliphatic heterocycles. The lowest BCUT2D eigenvalue weighted by Crippen LogP contribution is -2.20. The molecular formula is C10H13ClF3NO. The molecule has 0 fully saturated rings. The zero-order valence-electron chi connectivity index (χ0n) is 8.67. The van der Waals surface area contributed by atoms with E-state index < -0.39 is 12.8 Å². The number of rotatable bonds is 3. The molecule has 0 spiro atoms. The number of halogens is 4. The third-order valence-corrected chi connectivity index (χ3v) is 1.83. The van der Waals surface area contributed by atoms with E-state index >= 15 is 0 Å². The van der Waals surface area contributed by atoms with Crippen molar-refractivity contribution in [1.29, 1.82) is 0 Å². The van der Waals surface area contributed by atoms with Crippen molar-refractivity contribution >= 4 is 12.4 Å². The van der Waals surface area contributed by atoms with Crippen LogP contribution in [0.15, 0.2) is 18.2 Å². The zero-order valence-corrected chi connectivity index (χ0v) is 9.49. The highest BCUT2D eigenvalue weighted by atomic mass is 35.5. The predicted molar refractivity (Wildman–Crippen MR) is 57.9 cm³/mol. The fraction of sp³-hybridized carbons (Fsp3) is 0.400. The van der Waals surface area contributed by atoms with Crippen molar-refractivity contribution < 1.29 is 17.9 Å². The Morgan fingerprint density at radius 2 is 1.94 bits per heavy atom. The second kappa shape index (κ2) is 5.96. The summed E-state index contributed by atoms with van der Waals surface area (Å²) < 4.78 is 40.4. The van der Waals surface area contributed by atoms with Crippen LogP contribution < -0.4 is 10.5 Å². The number of ether oxygens (including phenoxy) is 1. The Bertz CT molecular complexity index is 341. The standard InChI is InChI=1S/C10H12F3NO.ClH/c1-7-2-3-8(5-14)9(4-7)15-6-10(11,12)13;/h2-4H,5-6,14H2,1H3;1H. The number of hydrogen-bond acceptors (Lipinski definition) is 2. The highest BCUT2D eigenvalue weighted by molar-refractivity contribution is 5.85. The summed E-state index contributed by atoms with van der Waals surface area (Å²) >= 11 is 0. The van der Waals surface area contributed by atoms with Crippen LogP contribution in [-0.2, 0) is 6.54 Å². The monoisotopic (exact) mass is 255 g/mol. The topological polar surface area (TPSA) is 35.2 Å². The first-order valence-electron chi connectivity index (χ1n) is 4.41. The Balaban J connectivity index is 0.00000225. The van der Waals surface area contributed by atoms with Crippen LogP contribution in [0.4, 0.5) is 13.2 Å². The van der Waals surface area contributed by atoms with Crippen LogP contribution >= 0.6 is 12.4 Å². The van der Waals surface area contributed by atoms with Crippen LogP contribution in [0, 0.1) is 6.92 Å². The van der Waals surface area contributed by atoms with Crippen molar-refractivity contribution in [1.82, 2.24) is 0 Å². The van der Waals surface area contributed by atoms with E-state index in [9.17, 15) is 13.2 Å². The quantitative estimate of drug-likeness (QED) is 0.901. The molecule has 6 heteroatoms. The van der Waals surface area contributed by atoms with Gasteiger partial charge in [-0.1, -0.05) is 12.1 Å². The number of benzene rings is 1.